The number of carbonyl (C=O) groups excluding carboxylic acids is 2. The lowest BCUT2D eigenvalue weighted by Crippen LogP contribution is -2.34. The summed E-state index contributed by atoms with van der Waals surface area (Å²) in [5, 5.41) is 3.24. The van der Waals surface area contributed by atoms with E-state index in [2.05, 4.69) is 10.0 Å². The normalized spacial score (nSPS) is 13.6. The Morgan fingerprint density at radius 1 is 0.889 bits per heavy atom. The monoisotopic (exact) mass is 380 g/mol. The second kappa shape index (κ2) is 5.92. The number of hydrogen-bond donors (Lipinski definition) is 2. The Balaban J connectivity index is 1.89. The van der Waals surface area contributed by atoms with Crippen LogP contribution >= 0.6 is 0 Å². The Bertz CT molecular complexity index is 1250. The van der Waals surface area contributed by atoms with Crippen LogP contribution in [0.25, 0.3) is 10.8 Å². The molecule has 2 N–H and O–H groups in total. The molecule has 0 saturated carbocycles. The van der Waals surface area contributed by atoms with Gasteiger partial charge in [0.15, 0.2) is 0 Å². The van der Waals surface area contributed by atoms with Gasteiger partial charge in [-0.15, -0.1) is 0 Å². The van der Waals surface area contributed by atoms with Crippen LogP contribution in [0, 0.1) is 13.8 Å². The minimum Gasteiger partial charge on any atom is -0.288 e. The van der Waals surface area contributed by atoms with E-state index in [-0.39, 0.29) is 10.5 Å². The molecule has 0 atom stereocenters. The molecule has 3 aromatic carbocycles. The van der Waals surface area contributed by atoms with Crippen LogP contribution in [-0.2, 0) is 10.0 Å². The van der Waals surface area contributed by atoms with Crippen LogP contribution in [0.4, 0.5) is 5.69 Å². The van der Waals surface area contributed by atoms with Crippen LogP contribution in [0.2, 0.25) is 0 Å². The van der Waals surface area contributed by atoms with Gasteiger partial charge < -0.3 is 0 Å². The molecule has 0 saturated heterocycles. The molecule has 0 aliphatic carbocycles. The van der Waals surface area contributed by atoms with E-state index in [1.165, 1.54) is 12.1 Å². The molecule has 0 bridgehead atoms. The zero-order valence-electron chi connectivity index (χ0n) is 14.7. The number of hydrogen-bond acceptors (Lipinski definition) is 4. The van der Waals surface area contributed by atoms with Crippen molar-refractivity contribution in [1.82, 2.24) is 5.32 Å². The van der Waals surface area contributed by atoms with Crippen molar-refractivity contribution in [1.29, 1.82) is 0 Å². The second-order valence-corrected chi connectivity index (χ2v) is 8.19. The van der Waals surface area contributed by atoms with Gasteiger partial charge in [0, 0.05) is 16.5 Å². The first kappa shape index (κ1) is 17.2. The first-order valence-corrected chi connectivity index (χ1v) is 9.78. The van der Waals surface area contributed by atoms with Gasteiger partial charge >= 0.3 is 0 Å². The van der Waals surface area contributed by atoms with Crippen LogP contribution in [0.3, 0.4) is 0 Å². The lowest BCUT2D eigenvalue weighted by Gasteiger charge is -2.18. The molecule has 0 spiro atoms. The Labute approximate surface area is 156 Å². The molecule has 1 aliphatic heterocycles. The first-order valence-electron chi connectivity index (χ1n) is 8.29. The fraction of sp³-hybridized carbons (Fsp3) is 0.100. The van der Waals surface area contributed by atoms with E-state index >= 15 is 0 Å². The van der Waals surface area contributed by atoms with Crippen LogP contribution in [0.1, 0.15) is 31.8 Å². The summed E-state index contributed by atoms with van der Waals surface area (Å²) in [6, 6.07) is 13.1. The fourth-order valence-corrected chi connectivity index (χ4v) is 4.41. The predicted molar refractivity (Wildman–Crippen MR) is 102 cm³/mol. The Hall–Kier alpha value is -3.19. The minimum absolute atomic E-state index is 0.0347. The molecule has 0 unspecified atom stereocenters. The minimum atomic E-state index is -3.92. The van der Waals surface area contributed by atoms with Gasteiger partial charge in [-0.05, 0) is 54.6 Å². The average molecular weight is 380 g/mol. The molecule has 0 radical (unpaired) electrons. The van der Waals surface area contributed by atoms with E-state index in [4.69, 9.17) is 0 Å². The highest BCUT2D eigenvalue weighted by Gasteiger charge is 2.27. The van der Waals surface area contributed by atoms with E-state index in [9.17, 15) is 18.0 Å². The number of amides is 2. The van der Waals surface area contributed by atoms with Gasteiger partial charge in [-0.3, -0.25) is 19.6 Å². The van der Waals surface area contributed by atoms with Gasteiger partial charge in [0.2, 0.25) is 0 Å². The summed E-state index contributed by atoms with van der Waals surface area (Å²) < 4.78 is 28.5. The summed E-state index contributed by atoms with van der Waals surface area (Å²) in [4.78, 5) is 24.2. The van der Waals surface area contributed by atoms with Crippen LogP contribution in [-0.4, -0.2) is 20.2 Å². The van der Waals surface area contributed by atoms with Crippen molar-refractivity contribution in [3.63, 3.8) is 0 Å². The van der Waals surface area contributed by atoms with Gasteiger partial charge in [0.25, 0.3) is 21.8 Å². The number of carbonyl (C=O) groups is 2. The number of imide groups is 1. The smallest absolute Gasteiger partial charge is 0.261 e. The first-order chi connectivity index (χ1) is 12.8. The van der Waals surface area contributed by atoms with E-state index in [0.29, 0.717) is 22.0 Å². The zero-order valence-corrected chi connectivity index (χ0v) is 15.5. The van der Waals surface area contributed by atoms with Crippen LogP contribution < -0.4 is 10.0 Å². The molecule has 1 aliphatic rings. The maximum Gasteiger partial charge on any atom is 0.261 e. The molecule has 0 aromatic heterocycles. The standard InChI is InChI=1S/C20H16N2O4S/c1-11-5-3-8-17(12(11)2)22-27(25,26)14-9-13-6-4-7-15-18(13)16(10-14)20(24)21-19(15)23/h3-10,22H,1-2H3,(H,21,23,24). The van der Waals surface area contributed by atoms with E-state index in [0.717, 1.165) is 11.1 Å². The summed E-state index contributed by atoms with van der Waals surface area (Å²) in [5.74, 6) is -1.09. The molecular formula is C20H16N2O4S. The van der Waals surface area contributed by atoms with Crippen LogP contribution in [0.5, 0.6) is 0 Å². The molecule has 6 nitrogen and oxygen atoms in total. The number of rotatable bonds is 3. The Kier molecular flexibility index (Phi) is 3.78. The molecule has 1 heterocycles. The van der Waals surface area contributed by atoms with E-state index in [1.807, 2.05) is 19.9 Å². The van der Waals surface area contributed by atoms with Crippen LogP contribution in [0.15, 0.2) is 53.4 Å². The van der Waals surface area contributed by atoms with Crippen molar-refractivity contribution in [2.75, 3.05) is 4.72 Å². The average Bonchev–Trinajstić information content (AvgIpc) is 2.63. The highest BCUT2D eigenvalue weighted by atomic mass is 32.2. The number of anilines is 1. The molecule has 2 amide bonds. The second-order valence-electron chi connectivity index (χ2n) is 6.51. The number of benzene rings is 3. The number of aryl methyl sites for hydroxylation is 1. The third-order valence-electron chi connectivity index (χ3n) is 4.83. The van der Waals surface area contributed by atoms with E-state index in [1.54, 1.807) is 30.3 Å². The number of nitrogens with one attached hydrogen (secondary N) is 2. The summed E-state index contributed by atoms with van der Waals surface area (Å²) >= 11 is 0. The largest absolute Gasteiger partial charge is 0.288 e. The maximum atomic E-state index is 12.9. The van der Waals surface area contributed by atoms with Gasteiger partial charge in [-0.1, -0.05) is 24.3 Å². The molecular weight excluding hydrogens is 364 g/mol. The molecule has 4 rings (SSSR count). The Morgan fingerprint density at radius 2 is 1.59 bits per heavy atom. The van der Waals surface area contributed by atoms with Gasteiger partial charge in [0.1, 0.15) is 0 Å². The van der Waals surface area contributed by atoms with Gasteiger partial charge in [-0.25, -0.2) is 8.42 Å². The summed E-state index contributed by atoms with van der Waals surface area (Å²) in [5.41, 5.74) is 2.80. The topological polar surface area (TPSA) is 92.3 Å². The lowest BCUT2D eigenvalue weighted by atomic mass is 9.95. The third kappa shape index (κ3) is 2.76. The number of sulfonamides is 1. The summed E-state index contributed by atoms with van der Waals surface area (Å²) in [7, 11) is -3.92. The van der Waals surface area contributed by atoms with Crippen molar-refractivity contribution in [2.24, 2.45) is 0 Å². The molecule has 136 valence electrons. The molecule has 3 aromatic rings. The fourth-order valence-electron chi connectivity index (χ4n) is 3.23. The highest BCUT2D eigenvalue weighted by molar-refractivity contribution is 7.92. The zero-order chi connectivity index (χ0) is 19.3. The molecule has 0 fully saturated rings. The van der Waals surface area contributed by atoms with Crippen molar-refractivity contribution < 1.29 is 18.0 Å². The van der Waals surface area contributed by atoms with Crippen molar-refractivity contribution in [2.45, 2.75) is 18.7 Å². The van der Waals surface area contributed by atoms with Crippen molar-refractivity contribution in [3.8, 4) is 0 Å². The predicted octanol–water partition coefficient (Wildman–Crippen LogP) is 3.14. The highest BCUT2D eigenvalue weighted by Crippen LogP contribution is 2.30. The lowest BCUT2D eigenvalue weighted by molar-refractivity contribution is 0.0845. The SMILES string of the molecule is Cc1cccc(NS(=O)(=O)c2cc3c4c(cccc4c2)C(=O)NC3=O)c1C. The maximum absolute atomic E-state index is 12.9. The third-order valence-corrected chi connectivity index (χ3v) is 6.17. The van der Waals surface area contributed by atoms with Crippen molar-refractivity contribution in [3.05, 3.63) is 70.8 Å². The van der Waals surface area contributed by atoms with Crippen molar-refractivity contribution >= 4 is 38.3 Å². The summed E-state index contributed by atoms with van der Waals surface area (Å²) in [6.45, 7) is 3.73. The van der Waals surface area contributed by atoms with Gasteiger partial charge in [0.05, 0.1) is 10.6 Å². The summed E-state index contributed by atoms with van der Waals surface area (Å²) in [6.07, 6.45) is 0. The van der Waals surface area contributed by atoms with Gasteiger partial charge in [-0.2, -0.15) is 0 Å². The van der Waals surface area contributed by atoms with E-state index < -0.39 is 21.8 Å². The molecule has 27 heavy (non-hydrogen) atoms. The molecule has 7 heteroatoms. The Morgan fingerprint density at radius 3 is 2.37 bits per heavy atom. The quantitative estimate of drug-likeness (QED) is 0.683.